The number of aliphatic hydroxyl groups is 1. The van der Waals surface area contributed by atoms with E-state index >= 15 is 0 Å². The van der Waals surface area contributed by atoms with E-state index < -0.39 is 6.10 Å². The van der Waals surface area contributed by atoms with Crippen molar-refractivity contribution in [3.05, 3.63) is 78.4 Å². The second-order valence-electron chi connectivity index (χ2n) is 5.47. The average Bonchev–Trinajstić information content (AvgIpc) is 3.15. The first-order valence-electron chi connectivity index (χ1n) is 7.67. The van der Waals surface area contributed by atoms with E-state index in [9.17, 15) is 9.90 Å². The average molecular weight is 322 g/mol. The molecule has 0 saturated carbocycles. The summed E-state index contributed by atoms with van der Waals surface area (Å²) in [4.78, 5) is 12.1. The van der Waals surface area contributed by atoms with Crippen molar-refractivity contribution < 1.29 is 9.90 Å². The first-order valence-corrected chi connectivity index (χ1v) is 7.67. The molecule has 0 fully saturated rings. The maximum absolute atomic E-state index is 12.1. The van der Waals surface area contributed by atoms with Crippen LogP contribution < -0.4 is 5.32 Å². The zero-order valence-corrected chi connectivity index (χ0v) is 13.0. The molecule has 24 heavy (non-hydrogen) atoms. The Bertz CT molecular complexity index is 771. The number of nitrogens with zero attached hydrogens (tertiary/aromatic N) is 3. The van der Waals surface area contributed by atoms with E-state index in [0.717, 1.165) is 11.3 Å². The molecule has 122 valence electrons. The highest BCUT2D eigenvalue weighted by Crippen LogP contribution is 2.09. The van der Waals surface area contributed by atoms with Crippen molar-refractivity contribution in [1.29, 1.82) is 0 Å². The van der Waals surface area contributed by atoms with Crippen LogP contribution in [0.3, 0.4) is 0 Å². The van der Waals surface area contributed by atoms with Crippen LogP contribution in [0.2, 0.25) is 0 Å². The zero-order valence-electron chi connectivity index (χ0n) is 13.0. The Balaban J connectivity index is 1.53. The van der Waals surface area contributed by atoms with Gasteiger partial charge in [-0.2, -0.15) is 0 Å². The molecule has 2 N–H and O–H groups in total. The van der Waals surface area contributed by atoms with Crippen LogP contribution >= 0.6 is 0 Å². The molecule has 0 aliphatic rings. The fraction of sp³-hybridized carbons (Fsp3) is 0.167. The first-order chi connectivity index (χ1) is 11.7. The van der Waals surface area contributed by atoms with Crippen LogP contribution in [0.1, 0.15) is 15.9 Å². The molecule has 3 aromatic rings. The Labute approximate surface area is 139 Å². The van der Waals surface area contributed by atoms with Gasteiger partial charge in [-0.3, -0.25) is 9.36 Å². The van der Waals surface area contributed by atoms with E-state index in [1.54, 1.807) is 29.4 Å². The van der Waals surface area contributed by atoms with E-state index in [4.69, 9.17) is 0 Å². The van der Waals surface area contributed by atoms with E-state index in [0.29, 0.717) is 12.0 Å². The zero-order chi connectivity index (χ0) is 16.8. The smallest absolute Gasteiger partial charge is 0.251 e. The Kier molecular flexibility index (Phi) is 4.98. The summed E-state index contributed by atoms with van der Waals surface area (Å²) in [5.74, 6) is -0.211. The third-order valence-corrected chi connectivity index (χ3v) is 3.66. The van der Waals surface area contributed by atoms with Crippen molar-refractivity contribution in [2.24, 2.45) is 0 Å². The summed E-state index contributed by atoms with van der Waals surface area (Å²) in [5, 5.41) is 20.3. The molecular formula is C18H18N4O2. The van der Waals surface area contributed by atoms with Crippen LogP contribution in [0.5, 0.6) is 0 Å². The molecule has 1 atom stereocenters. The summed E-state index contributed by atoms with van der Waals surface area (Å²) < 4.78 is 1.76. The molecule has 6 heteroatoms. The highest BCUT2D eigenvalue weighted by molar-refractivity contribution is 5.94. The molecule has 3 rings (SSSR count). The van der Waals surface area contributed by atoms with Gasteiger partial charge in [0.1, 0.15) is 12.7 Å². The van der Waals surface area contributed by atoms with Gasteiger partial charge in [0, 0.05) is 24.2 Å². The lowest BCUT2D eigenvalue weighted by Crippen LogP contribution is -2.33. The van der Waals surface area contributed by atoms with Crippen molar-refractivity contribution in [2.45, 2.75) is 12.5 Å². The fourth-order valence-electron chi connectivity index (χ4n) is 2.39. The lowest BCUT2D eigenvalue weighted by atomic mass is 10.1. The largest absolute Gasteiger partial charge is 0.391 e. The van der Waals surface area contributed by atoms with E-state index in [-0.39, 0.29) is 12.5 Å². The van der Waals surface area contributed by atoms with Crippen molar-refractivity contribution in [3.63, 3.8) is 0 Å². The number of carbonyl (C=O) groups excluding carboxylic acids is 1. The molecule has 6 nitrogen and oxygen atoms in total. The van der Waals surface area contributed by atoms with Crippen molar-refractivity contribution in [1.82, 2.24) is 20.1 Å². The first kappa shape index (κ1) is 15.9. The molecule has 0 aliphatic carbocycles. The van der Waals surface area contributed by atoms with Gasteiger partial charge in [0.15, 0.2) is 0 Å². The van der Waals surface area contributed by atoms with Crippen LogP contribution in [0.15, 0.2) is 67.3 Å². The van der Waals surface area contributed by atoms with Gasteiger partial charge in [-0.1, -0.05) is 30.3 Å². The molecule has 0 aliphatic heterocycles. The fourth-order valence-corrected chi connectivity index (χ4v) is 2.39. The molecule has 2 aromatic carbocycles. The van der Waals surface area contributed by atoms with Crippen molar-refractivity contribution in [2.75, 3.05) is 6.54 Å². The molecule has 1 heterocycles. The van der Waals surface area contributed by atoms with Gasteiger partial charge in [-0.15, -0.1) is 10.2 Å². The standard InChI is InChI=1S/C18H18N4O2/c23-17(10-14-4-2-1-3-5-14)11-19-18(24)15-6-8-16(9-7-15)22-12-20-21-13-22/h1-9,12-13,17,23H,10-11H2,(H,19,24). The minimum absolute atomic E-state index is 0.209. The number of hydrogen-bond acceptors (Lipinski definition) is 4. The molecule has 0 radical (unpaired) electrons. The maximum Gasteiger partial charge on any atom is 0.251 e. The van der Waals surface area contributed by atoms with Crippen LogP contribution in [-0.2, 0) is 6.42 Å². The normalized spacial score (nSPS) is 11.9. The number of amides is 1. The van der Waals surface area contributed by atoms with Gasteiger partial charge in [-0.05, 0) is 29.8 Å². The predicted molar refractivity (Wildman–Crippen MR) is 89.8 cm³/mol. The monoisotopic (exact) mass is 322 g/mol. The Hall–Kier alpha value is -2.99. The second kappa shape index (κ2) is 7.52. The quantitative estimate of drug-likeness (QED) is 0.722. The highest BCUT2D eigenvalue weighted by Gasteiger charge is 2.10. The Morgan fingerprint density at radius 3 is 2.38 bits per heavy atom. The van der Waals surface area contributed by atoms with Gasteiger partial charge in [0.2, 0.25) is 0 Å². The number of benzene rings is 2. The molecular weight excluding hydrogens is 304 g/mol. The molecule has 1 aromatic heterocycles. The maximum atomic E-state index is 12.1. The Morgan fingerprint density at radius 2 is 1.71 bits per heavy atom. The summed E-state index contributed by atoms with van der Waals surface area (Å²) >= 11 is 0. The highest BCUT2D eigenvalue weighted by atomic mass is 16.3. The van der Waals surface area contributed by atoms with Crippen molar-refractivity contribution >= 4 is 5.91 Å². The SMILES string of the molecule is O=C(NCC(O)Cc1ccccc1)c1ccc(-n2cnnc2)cc1. The van der Waals surface area contributed by atoms with Gasteiger partial charge >= 0.3 is 0 Å². The molecule has 0 saturated heterocycles. The third-order valence-electron chi connectivity index (χ3n) is 3.66. The van der Waals surface area contributed by atoms with Crippen LogP contribution in [0, 0.1) is 0 Å². The number of aromatic nitrogens is 3. The topological polar surface area (TPSA) is 80.0 Å². The van der Waals surface area contributed by atoms with Crippen molar-refractivity contribution in [3.8, 4) is 5.69 Å². The lowest BCUT2D eigenvalue weighted by molar-refractivity contribution is 0.0916. The summed E-state index contributed by atoms with van der Waals surface area (Å²) in [6.07, 6.45) is 3.07. The Morgan fingerprint density at radius 1 is 1.04 bits per heavy atom. The van der Waals surface area contributed by atoms with E-state index in [2.05, 4.69) is 15.5 Å². The molecule has 0 bridgehead atoms. The number of aliphatic hydroxyl groups excluding tert-OH is 1. The van der Waals surface area contributed by atoms with Crippen LogP contribution in [0.4, 0.5) is 0 Å². The third kappa shape index (κ3) is 4.05. The number of nitrogens with one attached hydrogen (secondary N) is 1. The van der Waals surface area contributed by atoms with E-state index in [1.807, 2.05) is 42.5 Å². The predicted octanol–water partition coefficient (Wildman–Crippen LogP) is 1.60. The van der Waals surface area contributed by atoms with Gasteiger partial charge in [0.25, 0.3) is 5.91 Å². The second-order valence-corrected chi connectivity index (χ2v) is 5.47. The van der Waals surface area contributed by atoms with Crippen LogP contribution in [-0.4, -0.2) is 38.4 Å². The lowest BCUT2D eigenvalue weighted by Gasteiger charge is -2.12. The van der Waals surface area contributed by atoms with Gasteiger partial charge < -0.3 is 10.4 Å². The minimum Gasteiger partial charge on any atom is -0.391 e. The van der Waals surface area contributed by atoms with Gasteiger partial charge in [-0.25, -0.2) is 0 Å². The van der Waals surface area contributed by atoms with Crippen LogP contribution in [0.25, 0.3) is 5.69 Å². The minimum atomic E-state index is -0.618. The van der Waals surface area contributed by atoms with E-state index in [1.165, 1.54) is 0 Å². The number of rotatable bonds is 6. The summed E-state index contributed by atoms with van der Waals surface area (Å²) in [7, 11) is 0. The summed E-state index contributed by atoms with van der Waals surface area (Å²) in [6.45, 7) is 0.209. The summed E-state index contributed by atoms with van der Waals surface area (Å²) in [5.41, 5.74) is 2.46. The molecule has 1 unspecified atom stereocenters. The molecule has 1 amide bonds. The summed E-state index contributed by atoms with van der Waals surface area (Å²) in [6, 6.07) is 16.8. The number of hydrogen-bond donors (Lipinski definition) is 2. The molecule has 0 spiro atoms. The number of carbonyl (C=O) groups is 1. The van der Waals surface area contributed by atoms with Gasteiger partial charge in [0.05, 0.1) is 6.10 Å².